The average Bonchev–Trinajstić information content (AvgIpc) is 2.96. The molecule has 1 atom stereocenters. The van der Waals surface area contributed by atoms with Gasteiger partial charge in [-0.1, -0.05) is 0 Å². The first kappa shape index (κ1) is 13.3. The zero-order valence-electron chi connectivity index (χ0n) is 10.4. The molecule has 0 radical (unpaired) electrons. The molecule has 1 saturated heterocycles. The van der Waals surface area contributed by atoms with Crippen molar-refractivity contribution >= 4 is 11.0 Å². The zero-order valence-corrected chi connectivity index (χ0v) is 10.4. The molecule has 0 bridgehead atoms. The lowest BCUT2D eigenvalue weighted by atomic mass is 10.1. The largest absolute Gasteiger partial charge is 0.433 e. The van der Waals surface area contributed by atoms with E-state index in [1.807, 2.05) is 0 Å². The molecule has 0 unspecified atom stereocenters. The lowest BCUT2D eigenvalue weighted by molar-refractivity contribution is -0.141. The van der Waals surface area contributed by atoms with Crippen LogP contribution in [-0.2, 0) is 12.7 Å². The normalized spacial score (nSPS) is 20.9. The third kappa shape index (κ3) is 2.47. The quantitative estimate of drug-likeness (QED) is 0.864. The van der Waals surface area contributed by atoms with E-state index in [0.29, 0.717) is 24.0 Å². The predicted molar refractivity (Wildman–Crippen MR) is 63.7 cm³/mol. The van der Waals surface area contributed by atoms with Crippen LogP contribution < -0.4 is 0 Å². The summed E-state index contributed by atoms with van der Waals surface area (Å²) in [4.78, 5) is 5.34. The minimum atomic E-state index is -4.51. The third-order valence-electron chi connectivity index (χ3n) is 3.39. The maximum atomic E-state index is 13.1. The number of aromatic amines is 1. The average molecular weight is 288 g/mol. The van der Waals surface area contributed by atoms with Crippen molar-refractivity contribution in [3.8, 4) is 0 Å². The highest BCUT2D eigenvalue weighted by Crippen LogP contribution is 2.31. The van der Waals surface area contributed by atoms with E-state index in [1.54, 1.807) is 4.90 Å². The minimum absolute atomic E-state index is 0.172. The summed E-state index contributed by atoms with van der Waals surface area (Å²) >= 11 is 0. The summed E-state index contributed by atoms with van der Waals surface area (Å²) < 4.78 is 51.6. The van der Waals surface area contributed by atoms with Gasteiger partial charge in [0.25, 0.3) is 0 Å². The maximum absolute atomic E-state index is 13.1. The summed E-state index contributed by atoms with van der Waals surface area (Å²) in [5.74, 6) is 0. The Morgan fingerprint density at radius 1 is 1.40 bits per heavy atom. The molecule has 0 spiro atoms. The Hall–Kier alpha value is -1.70. The van der Waals surface area contributed by atoms with Crippen molar-refractivity contribution in [2.24, 2.45) is 0 Å². The highest BCUT2D eigenvalue weighted by Gasteiger charge is 2.34. The van der Waals surface area contributed by atoms with Gasteiger partial charge in [0, 0.05) is 19.6 Å². The summed E-state index contributed by atoms with van der Waals surface area (Å²) in [7, 11) is 0. The molecule has 3 rings (SSSR count). The van der Waals surface area contributed by atoms with Gasteiger partial charge in [-0.3, -0.25) is 10.00 Å². The molecule has 2 aromatic rings. The molecule has 8 heteroatoms. The van der Waals surface area contributed by atoms with E-state index in [-0.39, 0.29) is 18.6 Å². The van der Waals surface area contributed by atoms with E-state index < -0.39 is 18.0 Å². The summed E-state index contributed by atoms with van der Waals surface area (Å²) in [6.45, 7) is 1.05. The lowest BCUT2D eigenvalue weighted by Gasteiger charge is -2.16. The summed E-state index contributed by atoms with van der Waals surface area (Å²) in [6.07, 6.45) is -3.73. The monoisotopic (exact) mass is 288 g/mol. The number of hydrogen-bond acceptors (Lipinski definition) is 3. The third-order valence-corrected chi connectivity index (χ3v) is 3.39. The molecule has 1 aliphatic heterocycles. The Morgan fingerprint density at radius 3 is 2.85 bits per heavy atom. The van der Waals surface area contributed by atoms with Crippen LogP contribution in [0, 0.1) is 0 Å². The highest BCUT2D eigenvalue weighted by atomic mass is 19.4. The van der Waals surface area contributed by atoms with E-state index >= 15 is 0 Å². The molecule has 0 saturated carbocycles. The van der Waals surface area contributed by atoms with Crippen LogP contribution in [0.1, 0.15) is 17.7 Å². The SMILES string of the molecule is F[C@H]1CCN(Cc2cc(C(F)(F)F)nc3cn[nH]c23)C1. The van der Waals surface area contributed by atoms with Crippen LogP contribution in [-0.4, -0.2) is 39.3 Å². The van der Waals surface area contributed by atoms with Crippen molar-refractivity contribution < 1.29 is 17.6 Å². The fourth-order valence-corrected chi connectivity index (χ4v) is 2.44. The van der Waals surface area contributed by atoms with Crippen LogP contribution in [0.2, 0.25) is 0 Å². The molecule has 1 fully saturated rings. The molecule has 0 aliphatic carbocycles. The molecule has 1 aliphatic rings. The molecule has 4 nitrogen and oxygen atoms in total. The molecule has 1 N–H and O–H groups in total. The second-order valence-electron chi connectivity index (χ2n) is 4.92. The van der Waals surface area contributed by atoms with Crippen molar-refractivity contribution in [1.82, 2.24) is 20.1 Å². The number of alkyl halides is 4. The molecule has 0 aromatic carbocycles. The van der Waals surface area contributed by atoms with Gasteiger partial charge in [0.05, 0.1) is 11.7 Å². The lowest BCUT2D eigenvalue weighted by Crippen LogP contribution is -2.21. The minimum Gasteiger partial charge on any atom is -0.296 e. The van der Waals surface area contributed by atoms with Gasteiger partial charge in [0.1, 0.15) is 17.4 Å². The number of pyridine rings is 1. The summed E-state index contributed by atoms with van der Waals surface area (Å²) in [5, 5.41) is 6.38. The van der Waals surface area contributed by atoms with Crippen LogP contribution in [0.25, 0.3) is 11.0 Å². The smallest absolute Gasteiger partial charge is 0.296 e. The van der Waals surface area contributed by atoms with Crippen molar-refractivity contribution in [2.75, 3.05) is 13.1 Å². The van der Waals surface area contributed by atoms with Crippen LogP contribution in [0.5, 0.6) is 0 Å². The van der Waals surface area contributed by atoms with Gasteiger partial charge < -0.3 is 0 Å². The van der Waals surface area contributed by atoms with Crippen LogP contribution in [0.3, 0.4) is 0 Å². The number of likely N-dealkylation sites (tertiary alicyclic amines) is 1. The Balaban J connectivity index is 1.97. The van der Waals surface area contributed by atoms with Gasteiger partial charge >= 0.3 is 6.18 Å². The first-order chi connectivity index (χ1) is 9.43. The number of rotatable bonds is 2. The van der Waals surface area contributed by atoms with Gasteiger partial charge in [-0.25, -0.2) is 9.37 Å². The summed E-state index contributed by atoms with van der Waals surface area (Å²) in [5.41, 5.74) is 0.137. The number of hydrogen-bond donors (Lipinski definition) is 1. The first-order valence-electron chi connectivity index (χ1n) is 6.20. The standard InChI is InChI=1S/C12H12F4N4/c13-8-1-2-20(6-8)5-7-3-10(12(14,15)16)18-9-4-17-19-11(7)9/h3-4,8H,1-2,5-6H2,(H,17,19)/t8-/m0/s1. The van der Waals surface area contributed by atoms with Gasteiger partial charge in [-0.15, -0.1) is 0 Å². The van der Waals surface area contributed by atoms with E-state index in [0.717, 1.165) is 6.07 Å². The molecule has 108 valence electrons. The number of aromatic nitrogens is 3. The van der Waals surface area contributed by atoms with Crippen molar-refractivity contribution in [3.63, 3.8) is 0 Å². The van der Waals surface area contributed by atoms with Crippen molar-refractivity contribution in [1.29, 1.82) is 0 Å². The number of nitrogens with zero attached hydrogens (tertiary/aromatic N) is 3. The Labute approximate surface area is 111 Å². The Morgan fingerprint density at radius 2 is 2.20 bits per heavy atom. The summed E-state index contributed by atoms with van der Waals surface area (Å²) in [6, 6.07) is 1.01. The van der Waals surface area contributed by atoms with Gasteiger partial charge in [0.15, 0.2) is 0 Å². The van der Waals surface area contributed by atoms with Crippen LogP contribution >= 0.6 is 0 Å². The first-order valence-corrected chi connectivity index (χ1v) is 6.20. The molecule has 2 aromatic heterocycles. The molecule has 20 heavy (non-hydrogen) atoms. The van der Waals surface area contributed by atoms with E-state index in [9.17, 15) is 17.6 Å². The van der Waals surface area contributed by atoms with Crippen LogP contribution in [0.4, 0.5) is 17.6 Å². The Bertz CT molecular complexity index is 621. The van der Waals surface area contributed by atoms with Crippen LogP contribution in [0.15, 0.2) is 12.3 Å². The van der Waals surface area contributed by atoms with E-state index in [2.05, 4.69) is 15.2 Å². The molecular weight excluding hydrogens is 276 g/mol. The number of H-pyrrole nitrogens is 1. The van der Waals surface area contributed by atoms with Gasteiger partial charge in [0.2, 0.25) is 0 Å². The maximum Gasteiger partial charge on any atom is 0.433 e. The number of nitrogens with one attached hydrogen (secondary N) is 1. The molecular formula is C12H12F4N4. The van der Waals surface area contributed by atoms with E-state index in [1.165, 1.54) is 6.20 Å². The van der Waals surface area contributed by atoms with E-state index in [4.69, 9.17) is 0 Å². The van der Waals surface area contributed by atoms with Crippen molar-refractivity contribution in [3.05, 3.63) is 23.5 Å². The second kappa shape index (κ2) is 4.69. The fraction of sp³-hybridized carbons (Fsp3) is 0.500. The van der Waals surface area contributed by atoms with Gasteiger partial charge in [-0.2, -0.15) is 18.3 Å². The number of fused-ring (bicyclic) bond motifs is 1. The second-order valence-corrected chi connectivity index (χ2v) is 4.92. The predicted octanol–water partition coefficient (Wildman–Crippen LogP) is 2.52. The Kier molecular flexibility index (Phi) is 3.12. The fourth-order valence-electron chi connectivity index (χ4n) is 2.44. The number of halogens is 4. The zero-order chi connectivity index (χ0) is 14.3. The molecule has 0 amide bonds. The van der Waals surface area contributed by atoms with Crippen molar-refractivity contribution in [2.45, 2.75) is 25.3 Å². The topological polar surface area (TPSA) is 44.8 Å². The molecule has 3 heterocycles. The highest BCUT2D eigenvalue weighted by molar-refractivity contribution is 5.77. The van der Waals surface area contributed by atoms with Gasteiger partial charge in [-0.05, 0) is 18.1 Å².